The minimum Gasteiger partial charge on any atom is -0.306 e. The minimum absolute atomic E-state index is 0.102. The normalized spacial score (nSPS) is 13.3. The van der Waals surface area contributed by atoms with Crippen molar-refractivity contribution in [2.45, 2.75) is 26.9 Å². The molecule has 0 saturated heterocycles. The predicted molar refractivity (Wildman–Crippen MR) is 54.6 cm³/mol. The smallest absolute Gasteiger partial charge is 0.112 e. The summed E-state index contributed by atoms with van der Waals surface area (Å²) in [4.78, 5) is 5.67. The van der Waals surface area contributed by atoms with Crippen LogP contribution in [0.25, 0.3) is 0 Å². The molecule has 4 heteroatoms. The summed E-state index contributed by atoms with van der Waals surface area (Å²) in [6.07, 6.45) is 2.02. The van der Waals surface area contributed by atoms with Crippen LogP contribution < -0.4 is 0 Å². The molecule has 0 N–H and O–H groups in total. The van der Waals surface area contributed by atoms with Crippen LogP contribution in [0.4, 0.5) is 0 Å². The maximum absolute atomic E-state index is 5.38. The molecule has 0 radical (unpaired) electrons. The summed E-state index contributed by atoms with van der Waals surface area (Å²) in [5.41, 5.74) is 1.08. The first-order chi connectivity index (χ1) is 5.65. The van der Waals surface area contributed by atoms with E-state index in [0.717, 1.165) is 10.7 Å². The Labute approximate surface area is 81.6 Å². The Morgan fingerprint density at radius 1 is 1.50 bits per heavy atom. The van der Waals surface area contributed by atoms with Gasteiger partial charge in [-0.2, -0.15) is 0 Å². The number of hydrogen-bond acceptors (Lipinski definition) is 4. The summed E-state index contributed by atoms with van der Waals surface area (Å²) >= 11 is 3.11. The fourth-order valence-electron chi connectivity index (χ4n) is 1.11. The summed E-state index contributed by atoms with van der Waals surface area (Å²) < 4.78 is 5.38. The van der Waals surface area contributed by atoms with Gasteiger partial charge in [0.15, 0.2) is 0 Å². The Bertz CT molecular complexity index is 260. The molecule has 1 aromatic rings. The largest absolute Gasteiger partial charge is 0.306 e. The molecule has 1 aromatic heterocycles. The van der Waals surface area contributed by atoms with Crippen LogP contribution in [0.2, 0.25) is 0 Å². The zero-order valence-electron chi connectivity index (χ0n) is 7.75. The third-order valence-corrected chi connectivity index (χ3v) is 2.95. The van der Waals surface area contributed by atoms with E-state index in [2.05, 4.69) is 11.9 Å². The van der Waals surface area contributed by atoms with Crippen molar-refractivity contribution in [2.75, 3.05) is 6.26 Å². The third-order valence-electron chi connectivity index (χ3n) is 1.57. The topological polar surface area (TPSA) is 22.1 Å². The molecule has 0 aliphatic carbocycles. The molecular formula is C8H13NOS2. The molecule has 1 heterocycles. The monoisotopic (exact) mass is 203 g/mol. The first-order valence-electron chi connectivity index (χ1n) is 3.78. The van der Waals surface area contributed by atoms with Gasteiger partial charge in [0.1, 0.15) is 6.10 Å². The van der Waals surface area contributed by atoms with Gasteiger partial charge in [0, 0.05) is 11.1 Å². The van der Waals surface area contributed by atoms with Crippen molar-refractivity contribution in [1.82, 2.24) is 4.98 Å². The number of aromatic nitrogens is 1. The standard InChI is InChI=1S/C8H13NOS2/c1-5(10-11-4)8-6(2)12-7(3)9-8/h5H,1-4H3. The van der Waals surface area contributed by atoms with E-state index in [-0.39, 0.29) is 6.10 Å². The SMILES string of the molecule is CSOC(C)c1nc(C)sc1C. The summed E-state index contributed by atoms with van der Waals surface area (Å²) in [7, 11) is 0. The molecule has 0 bridgehead atoms. The Hall–Kier alpha value is -0.0600. The zero-order chi connectivity index (χ0) is 9.14. The van der Waals surface area contributed by atoms with E-state index in [9.17, 15) is 0 Å². The molecule has 0 aliphatic rings. The lowest BCUT2D eigenvalue weighted by atomic mass is 10.3. The Morgan fingerprint density at radius 2 is 2.17 bits per heavy atom. The molecular weight excluding hydrogens is 190 g/mol. The second-order valence-electron chi connectivity index (χ2n) is 2.58. The van der Waals surface area contributed by atoms with E-state index in [0.29, 0.717) is 0 Å². The lowest BCUT2D eigenvalue weighted by Crippen LogP contribution is -1.96. The van der Waals surface area contributed by atoms with Crippen molar-refractivity contribution in [3.05, 3.63) is 15.6 Å². The number of hydrogen-bond donors (Lipinski definition) is 0. The van der Waals surface area contributed by atoms with Crippen molar-refractivity contribution in [1.29, 1.82) is 0 Å². The average Bonchev–Trinajstić information content (AvgIpc) is 2.30. The zero-order valence-corrected chi connectivity index (χ0v) is 9.38. The minimum atomic E-state index is 0.102. The van der Waals surface area contributed by atoms with E-state index in [1.165, 1.54) is 16.9 Å². The quantitative estimate of drug-likeness (QED) is 0.705. The van der Waals surface area contributed by atoms with Gasteiger partial charge in [0.2, 0.25) is 0 Å². The van der Waals surface area contributed by atoms with E-state index in [1.54, 1.807) is 11.3 Å². The summed E-state index contributed by atoms with van der Waals surface area (Å²) in [6, 6.07) is 0. The van der Waals surface area contributed by atoms with Crippen molar-refractivity contribution in [3.8, 4) is 0 Å². The van der Waals surface area contributed by atoms with Crippen LogP contribution >= 0.6 is 23.4 Å². The molecule has 0 spiro atoms. The van der Waals surface area contributed by atoms with Gasteiger partial charge in [-0.3, -0.25) is 0 Å². The van der Waals surface area contributed by atoms with Crippen LogP contribution in [-0.4, -0.2) is 11.2 Å². The Morgan fingerprint density at radius 3 is 2.58 bits per heavy atom. The molecule has 0 fully saturated rings. The molecule has 0 amide bonds. The molecule has 1 rings (SSSR count). The molecule has 1 atom stereocenters. The van der Waals surface area contributed by atoms with Gasteiger partial charge in [-0.05, 0) is 32.8 Å². The lowest BCUT2D eigenvalue weighted by molar-refractivity contribution is 0.268. The molecule has 0 aromatic carbocycles. The summed E-state index contributed by atoms with van der Waals surface area (Å²) in [5, 5.41) is 1.11. The fraction of sp³-hybridized carbons (Fsp3) is 0.625. The van der Waals surface area contributed by atoms with E-state index in [1.807, 2.05) is 20.1 Å². The number of aryl methyl sites for hydroxylation is 2. The maximum Gasteiger partial charge on any atom is 0.112 e. The van der Waals surface area contributed by atoms with Crippen LogP contribution in [0.1, 0.15) is 28.6 Å². The van der Waals surface area contributed by atoms with Gasteiger partial charge in [-0.1, -0.05) is 0 Å². The summed E-state index contributed by atoms with van der Waals surface area (Å²) in [6.45, 7) is 6.13. The molecule has 68 valence electrons. The predicted octanol–water partition coefficient (Wildman–Crippen LogP) is 3.12. The molecule has 0 aliphatic heterocycles. The van der Waals surface area contributed by atoms with E-state index >= 15 is 0 Å². The first-order valence-corrected chi connectivity index (χ1v) is 5.75. The van der Waals surface area contributed by atoms with Gasteiger partial charge >= 0.3 is 0 Å². The van der Waals surface area contributed by atoms with Crippen molar-refractivity contribution < 1.29 is 4.18 Å². The second kappa shape index (κ2) is 4.25. The highest BCUT2D eigenvalue weighted by atomic mass is 32.2. The number of rotatable bonds is 3. The van der Waals surface area contributed by atoms with E-state index < -0.39 is 0 Å². The second-order valence-corrected chi connectivity index (χ2v) is 4.51. The number of thiazole rings is 1. The van der Waals surface area contributed by atoms with Crippen molar-refractivity contribution in [3.63, 3.8) is 0 Å². The number of nitrogens with zero attached hydrogens (tertiary/aromatic N) is 1. The third kappa shape index (κ3) is 2.21. The fourth-order valence-corrected chi connectivity index (χ4v) is 2.40. The Kier molecular flexibility index (Phi) is 3.55. The van der Waals surface area contributed by atoms with E-state index in [4.69, 9.17) is 4.18 Å². The molecule has 1 unspecified atom stereocenters. The summed E-state index contributed by atoms with van der Waals surface area (Å²) in [5.74, 6) is 0. The highest BCUT2D eigenvalue weighted by Gasteiger charge is 2.12. The van der Waals surface area contributed by atoms with Crippen LogP contribution in [0, 0.1) is 13.8 Å². The van der Waals surface area contributed by atoms with Gasteiger partial charge in [0.05, 0.1) is 10.7 Å². The van der Waals surface area contributed by atoms with Gasteiger partial charge < -0.3 is 4.18 Å². The van der Waals surface area contributed by atoms with Gasteiger partial charge in [-0.25, -0.2) is 4.98 Å². The van der Waals surface area contributed by atoms with Gasteiger partial charge in [-0.15, -0.1) is 11.3 Å². The highest BCUT2D eigenvalue weighted by Crippen LogP contribution is 2.26. The lowest BCUT2D eigenvalue weighted by Gasteiger charge is -2.07. The van der Waals surface area contributed by atoms with Crippen LogP contribution in [0.3, 0.4) is 0 Å². The van der Waals surface area contributed by atoms with Crippen molar-refractivity contribution >= 4 is 23.4 Å². The molecule has 2 nitrogen and oxygen atoms in total. The molecule has 0 saturated carbocycles. The van der Waals surface area contributed by atoms with Crippen LogP contribution in [0.15, 0.2) is 0 Å². The van der Waals surface area contributed by atoms with Gasteiger partial charge in [0.25, 0.3) is 0 Å². The highest BCUT2D eigenvalue weighted by molar-refractivity contribution is 7.93. The maximum atomic E-state index is 5.38. The molecule has 12 heavy (non-hydrogen) atoms. The van der Waals surface area contributed by atoms with Crippen LogP contribution in [-0.2, 0) is 4.18 Å². The van der Waals surface area contributed by atoms with Crippen molar-refractivity contribution in [2.24, 2.45) is 0 Å². The average molecular weight is 203 g/mol. The first kappa shape index (κ1) is 10.0. The van der Waals surface area contributed by atoms with Crippen LogP contribution in [0.5, 0.6) is 0 Å². The Balaban J connectivity index is 2.79.